The van der Waals surface area contributed by atoms with Crippen LogP contribution in [0.4, 0.5) is 0 Å². The fourth-order valence-electron chi connectivity index (χ4n) is 7.68. The predicted octanol–water partition coefficient (Wildman–Crippen LogP) is 10.2. The summed E-state index contributed by atoms with van der Waals surface area (Å²) >= 11 is -0.907. The van der Waals surface area contributed by atoms with Crippen molar-refractivity contribution in [2.24, 2.45) is 0 Å². The van der Waals surface area contributed by atoms with Crippen LogP contribution in [0, 0.1) is 0 Å². The van der Waals surface area contributed by atoms with Crippen LogP contribution in [0.25, 0.3) is 0 Å². The van der Waals surface area contributed by atoms with E-state index in [-0.39, 0.29) is 0 Å². The molecule has 3 fully saturated rings. The molecule has 0 aliphatic heterocycles. The van der Waals surface area contributed by atoms with E-state index in [1.54, 1.807) is 77.0 Å². The Morgan fingerprint density at radius 2 is 0.759 bits per heavy atom. The standard InChI is InChI=1S/3C5H9.3C4H9.2Al/c3*1-2-4-5-3-1;3*1-3-4-2;;/h3*1H,2-5H2;3*3H,4H2,1-2H3;;. The van der Waals surface area contributed by atoms with E-state index in [1.807, 2.05) is 0 Å². The lowest BCUT2D eigenvalue weighted by Crippen LogP contribution is -2.29. The quantitative estimate of drug-likeness (QED) is 0.318. The molecule has 0 heterocycles. The molecule has 29 heavy (non-hydrogen) atoms. The maximum absolute atomic E-state index is 2.48. The molecular weight excluding hydrogens is 378 g/mol. The van der Waals surface area contributed by atoms with Crippen molar-refractivity contribution in [2.75, 3.05) is 0 Å². The van der Waals surface area contributed by atoms with Crippen molar-refractivity contribution >= 4 is 28.3 Å². The predicted molar refractivity (Wildman–Crippen MR) is 137 cm³/mol. The van der Waals surface area contributed by atoms with Crippen LogP contribution in [0.3, 0.4) is 0 Å². The first-order chi connectivity index (χ1) is 14.0. The smallest absolute Gasteiger partial charge is 0.0847 e. The Morgan fingerprint density at radius 3 is 0.966 bits per heavy atom. The molecule has 3 atom stereocenters. The van der Waals surface area contributed by atoms with E-state index in [0.29, 0.717) is 0 Å². The van der Waals surface area contributed by atoms with Gasteiger partial charge in [0.05, 0.1) is 0 Å². The minimum absolute atomic E-state index is 0.391. The molecule has 3 saturated carbocycles. The summed E-state index contributed by atoms with van der Waals surface area (Å²) in [5.74, 6) is 0. The molecule has 168 valence electrons. The summed E-state index contributed by atoms with van der Waals surface area (Å²) in [5.41, 5.74) is 0. The summed E-state index contributed by atoms with van der Waals surface area (Å²) in [7, 11) is 0. The summed E-state index contributed by atoms with van der Waals surface area (Å²) in [6, 6.07) is 0. The third-order valence-corrected chi connectivity index (χ3v) is 20.4. The van der Waals surface area contributed by atoms with Gasteiger partial charge in [0.15, 0.2) is 0 Å². The zero-order valence-electron chi connectivity index (χ0n) is 21.2. The molecule has 3 aliphatic rings. The highest BCUT2D eigenvalue weighted by Gasteiger charge is 2.43. The lowest BCUT2D eigenvalue weighted by Gasteiger charge is -2.29. The van der Waals surface area contributed by atoms with Gasteiger partial charge in [-0.2, -0.15) is 0 Å². The molecule has 0 saturated heterocycles. The highest BCUT2D eigenvalue weighted by molar-refractivity contribution is 6.64. The molecule has 0 aromatic rings. The van der Waals surface area contributed by atoms with Crippen LogP contribution >= 0.6 is 0 Å². The van der Waals surface area contributed by atoms with Crippen LogP contribution in [-0.2, 0) is 0 Å². The Balaban J connectivity index is 0.000000213. The normalized spacial score (nSPS) is 24.2. The molecule has 0 aromatic carbocycles. The van der Waals surface area contributed by atoms with Crippen LogP contribution in [0.5, 0.6) is 0 Å². The molecule has 0 amide bonds. The Bertz CT molecular complexity index is 343. The monoisotopic (exact) mass is 432 g/mol. The van der Waals surface area contributed by atoms with E-state index < -0.39 is 28.3 Å². The average Bonchev–Trinajstić information content (AvgIpc) is 3.52. The van der Waals surface area contributed by atoms with Crippen molar-refractivity contribution in [3.63, 3.8) is 0 Å². The van der Waals surface area contributed by atoms with Crippen molar-refractivity contribution in [2.45, 2.75) is 167 Å². The maximum Gasteiger partial charge on any atom is 0.272 e. The van der Waals surface area contributed by atoms with E-state index in [2.05, 4.69) is 41.5 Å². The Labute approximate surface area is 194 Å². The first-order valence-corrected chi connectivity index (χ1v) is 18.0. The first-order valence-electron chi connectivity index (χ1n) is 14.0. The molecule has 0 radical (unpaired) electrons. The molecule has 0 N–H and O–H groups in total. The molecule has 2 heteroatoms. The van der Waals surface area contributed by atoms with Crippen molar-refractivity contribution in [1.82, 2.24) is 0 Å². The third kappa shape index (κ3) is 7.85. The maximum atomic E-state index is 2.48. The van der Waals surface area contributed by atoms with Gasteiger partial charge in [-0.25, -0.2) is 0 Å². The van der Waals surface area contributed by atoms with Gasteiger partial charge in [0, 0.05) is 0 Å². The van der Waals surface area contributed by atoms with Gasteiger partial charge in [-0.1, -0.05) is 167 Å². The van der Waals surface area contributed by atoms with Gasteiger partial charge in [0.25, 0.3) is 28.3 Å². The van der Waals surface area contributed by atoms with Crippen LogP contribution in [0.15, 0.2) is 0 Å². The van der Waals surface area contributed by atoms with Gasteiger partial charge in [0.1, 0.15) is 0 Å². The Morgan fingerprint density at radius 1 is 0.517 bits per heavy atom. The van der Waals surface area contributed by atoms with E-state index in [0.717, 1.165) is 14.3 Å². The molecule has 0 nitrogen and oxygen atoms in total. The van der Waals surface area contributed by atoms with E-state index >= 15 is 0 Å². The summed E-state index contributed by atoms with van der Waals surface area (Å²) in [6.45, 7) is 14.5. The van der Waals surface area contributed by atoms with Crippen LogP contribution in [-0.4, -0.2) is 28.3 Å². The average molecular weight is 433 g/mol. The van der Waals surface area contributed by atoms with Gasteiger partial charge in [0.2, 0.25) is 0 Å². The van der Waals surface area contributed by atoms with Gasteiger partial charge in [-0.15, -0.1) is 0 Å². The minimum Gasteiger partial charge on any atom is -0.0847 e. The zero-order chi connectivity index (χ0) is 21.2. The Hall–Kier alpha value is 1.06. The Kier molecular flexibility index (Phi) is 12.9. The fraction of sp³-hybridized carbons (Fsp3) is 1.00. The lowest BCUT2D eigenvalue weighted by atomic mass is 10.3. The van der Waals surface area contributed by atoms with Crippen molar-refractivity contribution in [3.8, 4) is 0 Å². The molecule has 3 rings (SSSR count). The van der Waals surface area contributed by atoms with E-state index in [1.165, 1.54) is 33.6 Å². The topological polar surface area (TPSA) is 0 Å². The molecule has 0 spiro atoms. The second-order valence-electron chi connectivity index (χ2n) is 11.4. The molecular formula is C27H54Al2. The van der Waals surface area contributed by atoms with E-state index in [9.17, 15) is 0 Å². The SMILES string of the molecule is C1CC[CH]([Al]([CH]2CCCC2)[CH]2CCCC2)C1.CC[CH](C)[Al]([CH](C)CC)[CH](C)CC. The van der Waals surface area contributed by atoms with Crippen LogP contribution < -0.4 is 0 Å². The number of hydrogen-bond acceptors (Lipinski definition) is 0. The third-order valence-electron chi connectivity index (χ3n) is 9.74. The zero-order valence-corrected chi connectivity index (χ0v) is 23.5. The van der Waals surface area contributed by atoms with Gasteiger partial charge < -0.3 is 0 Å². The second kappa shape index (κ2) is 14.3. The second-order valence-corrected chi connectivity index (χ2v) is 20.0. The summed E-state index contributed by atoms with van der Waals surface area (Å²) in [4.78, 5) is 0. The molecule has 0 bridgehead atoms. The fourth-order valence-corrected chi connectivity index (χ4v) is 18.7. The molecule has 3 unspecified atom stereocenters. The van der Waals surface area contributed by atoms with Gasteiger partial charge in [-0.05, 0) is 0 Å². The summed E-state index contributed by atoms with van der Waals surface area (Å²) < 4.78 is 6.95. The van der Waals surface area contributed by atoms with Crippen LogP contribution in [0.1, 0.15) is 138 Å². The summed E-state index contributed by atoms with van der Waals surface area (Å²) in [5, 5.41) is 0. The highest BCUT2D eigenvalue weighted by atomic mass is 27.2. The number of hydrogen-bond donors (Lipinski definition) is 0. The van der Waals surface area contributed by atoms with Crippen molar-refractivity contribution in [3.05, 3.63) is 0 Å². The van der Waals surface area contributed by atoms with Crippen molar-refractivity contribution < 1.29 is 0 Å². The van der Waals surface area contributed by atoms with Crippen molar-refractivity contribution in [1.29, 1.82) is 0 Å². The molecule has 3 aliphatic carbocycles. The first kappa shape index (κ1) is 26.3. The molecule has 0 aromatic heterocycles. The van der Waals surface area contributed by atoms with E-state index in [4.69, 9.17) is 0 Å². The largest absolute Gasteiger partial charge is 0.272 e. The minimum atomic E-state index is -0.516. The van der Waals surface area contributed by atoms with Gasteiger partial charge in [-0.3, -0.25) is 0 Å². The lowest BCUT2D eigenvalue weighted by molar-refractivity contribution is 0.709. The summed E-state index contributed by atoms with van der Waals surface area (Å²) in [6.07, 6.45) is 23.5. The number of rotatable bonds is 9. The highest BCUT2D eigenvalue weighted by Crippen LogP contribution is 2.51. The van der Waals surface area contributed by atoms with Crippen LogP contribution in [0.2, 0.25) is 28.7 Å². The van der Waals surface area contributed by atoms with Gasteiger partial charge >= 0.3 is 0 Å².